The molecule has 1 unspecified atom stereocenters. The Morgan fingerprint density at radius 2 is 1.87 bits per heavy atom. The van der Waals surface area contributed by atoms with E-state index < -0.39 is 10.0 Å². The molecule has 0 spiro atoms. The van der Waals surface area contributed by atoms with Crippen LogP contribution in [0.1, 0.15) is 30.6 Å². The Morgan fingerprint density at radius 1 is 1.26 bits per heavy atom. The van der Waals surface area contributed by atoms with E-state index in [-0.39, 0.29) is 16.8 Å². The highest BCUT2D eigenvalue weighted by Crippen LogP contribution is 2.16. The first-order chi connectivity index (χ1) is 10.9. The maximum Gasteiger partial charge on any atom is 0.251 e. The summed E-state index contributed by atoms with van der Waals surface area (Å²) in [6.07, 6.45) is 0.941. The highest BCUT2D eigenvalue weighted by Gasteiger charge is 2.23. The standard InChI is InChI=1S/C16H25N3O3S/c1-4-19(5-2)23(21,22)15-8-6-13(7-9-15)16(20)17-14-10-11-18(3)12-14/h6-9,14H,4-5,10-12H2,1-3H3,(H,17,20). The van der Waals surface area contributed by atoms with Crippen molar-refractivity contribution in [3.05, 3.63) is 29.8 Å². The molecule has 1 aliphatic heterocycles. The molecule has 0 saturated carbocycles. The predicted octanol–water partition coefficient (Wildman–Crippen LogP) is 1.15. The monoisotopic (exact) mass is 339 g/mol. The van der Waals surface area contributed by atoms with Gasteiger partial charge in [-0.2, -0.15) is 4.31 Å². The van der Waals surface area contributed by atoms with E-state index >= 15 is 0 Å². The summed E-state index contributed by atoms with van der Waals surface area (Å²) in [4.78, 5) is 14.6. The van der Waals surface area contributed by atoms with Gasteiger partial charge in [0.15, 0.2) is 0 Å². The smallest absolute Gasteiger partial charge is 0.251 e. The van der Waals surface area contributed by atoms with Crippen molar-refractivity contribution in [3.8, 4) is 0 Å². The molecule has 128 valence electrons. The molecular formula is C16H25N3O3S. The van der Waals surface area contributed by atoms with E-state index in [4.69, 9.17) is 0 Å². The first kappa shape index (κ1) is 17.9. The quantitative estimate of drug-likeness (QED) is 0.844. The molecule has 2 rings (SSSR count). The average molecular weight is 339 g/mol. The third-order valence-corrected chi connectivity index (χ3v) is 6.25. The molecule has 1 saturated heterocycles. The predicted molar refractivity (Wildman–Crippen MR) is 89.9 cm³/mol. The third kappa shape index (κ3) is 4.10. The SMILES string of the molecule is CCN(CC)S(=O)(=O)c1ccc(C(=O)NC2CCN(C)C2)cc1. The second-order valence-corrected chi connectivity index (χ2v) is 7.77. The zero-order valence-electron chi connectivity index (χ0n) is 13.9. The lowest BCUT2D eigenvalue weighted by molar-refractivity contribution is 0.0938. The van der Waals surface area contributed by atoms with E-state index in [1.54, 1.807) is 12.1 Å². The number of nitrogens with one attached hydrogen (secondary N) is 1. The highest BCUT2D eigenvalue weighted by molar-refractivity contribution is 7.89. The number of nitrogens with zero attached hydrogens (tertiary/aromatic N) is 2. The van der Waals surface area contributed by atoms with Crippen LogP contribution in [0, 0.1) is 0 Å². The number of carbonyl (C=O) groups is 1. The van der Waals surface area contributed by atoms with E-state index in [0.717, 1.165) is 19.5 Å². The van der Waals surface area contributed by atoms with Gasteiger partial charge < -0.3 is 10.2 Å². The topological polar surface area (TPSA) is 69.7 Å². The third-order valence-electron chi connectivity index (χ3n) is 4.19. The molecule has 23 heavy (non-hydrogen) atoms. The van der Waals surface area contributed by atoms with Crippen LogP contribution in [0.5, 0.6) is 0 Å². The fourth-order valence-corrected chi connectivity index (χ4v) is 4.27. The maximum absolute atomic E-state index is 12.4. The molecule has 1 aromatic carbocycles. The first-order valence-electron chi connectivity index (χ1n) is 7.98. The van der Waals surface area contributed by atoms with Crippen molar-refractivity contribution in [2.75, 3.05) is 33.2 Å². The van der Waals surface area contributed by atoms with Gasteiger partial charge in [-0.1, -0.05) is 13.8 Å². The van der Waals surface area contributed by atoms with Crippen molar-refractivity contribution in [3.63, 3.8) is 0 Å². The molecular weight excluding hydrogens is 314 g/mol. The van der Waals surface area contributed by atoms with Crippen LogP contribution < -0.4 is 5.32 Å². The van der Waals surface area contributed by atoms with Gasteiger partial charge in [-0.15, -0.1) is 0 Å². The molecule has 0 aliphatic carbocycles. The summed E-state index contributed by atoms with van der Waals surface area (Å²) >= 11 is 0. The lowest BCUT2D eigenvalue weighted by Gasteiger charge is -2.18. The van der Waals surface area contributed by atoms with E-state index in [2.05, 4.69) is 10.2 Å². The van der Waals surface area contributed by atoms with E-state index in [1.165, 1.54) is 16.4 Å². The summed E-state index contributed by atoms with van der Waals surface area (Å²) in [5.41, 5.74) is 0.484. The molecule has 0 aromatic heterocycles. The Kier molecular flexibility index (Phi) is 5.78. The van der Waals surface area contributed by atoms with Crippen LogP contribution in [0.3, 0.4) is 0 Å². The van der Waals surface area contributed by atoms with Crippen molar-refractivity contribution in [1.82, 2.24) is 14.5 Å². The van der Waals surface area contributed by atoms with Crippen molar-refractivity contribution < 1.29 is 13.2 Å². The fraction of sp³-hybridized carbons (Fsp3) is 0.562. The summed E-state index contributed by atoms with van der Waals surface area (Å²) in [6, 6.07) is 6.31. The number of likely N-dealkylation sites (tertiary alicyclic amines) is 1. The van der Waals surface area contributed by atoms with Crippen LogP contribution >= 0.6 is 0 Å². The Morgan fingerprint density at radius 3 is 2.35 bits per heavy atom. The number of amides is 1. The molecule has 1 amide bonds. The molecule has 0 bridgehead atoms. The average Bonchev–Trinajstić information content (AvgIpc) is 2.93. The van der Waals surface area contributed by atoms with Gasteiger partial charge in [-0.3, -0.25) is 4.79 Å². The van der Waals surface area contributed by atoms with Gasteiger partial charge in [0.25, 0.3) is 5.91 Å². The molecule has 1 atom stereocenters. The van der Waals surface area contributed by atoms with E-state index in [9.17, 15) is 13.2 Å². The lowest BCUT2D eigenvalue weighted by Crippen LogP contribution is -2.36. The Balaban J connectivity index is 2.08. The molecule has 1 fully saturated rings. The van der Waals surface area contributed by atoms with Crippen LogP contribution in [0.4, 0.5) is 0 Å². The van der Waals surface area contributed by atoms with Gasteiger partial charge in [0.05, 0.1) is 4.90 Å². The summed E-state index contributed by atoms with van der Waals surface area (Å²) in [5, 5.41) is 2.99. The number of likely N-dealkylation sites (N-methyl/N-ethyl adjacent to an activating group) is 1. The zero-order chi connectivity index (χ0) is 17.0. The first-order valence-corrected chi connectivity index (χ1v) is 9.42. The van der Waals surface area contributed by atoms with Crippen LogP contribution in [-0.4, -0.2) is 62.8 Å². The van der Waals surface area contributed by atoms with Gasteiger partial charge in [-0.05, 0) is 44.3 Å². The van der Waals surface area contributed by atoms with Gasteiger partial charge in [0.2, 0.25) is 10.0 Å². The number of rotatable bonds is 6. The minimum atomic E-state index is -3.48. The minimum absolute atomic E-state index is 0.155. The number of sulfonamides is 1. The fourth-order valence-electron chi connectivity index (χ4n) is 2.81. The Bertz CT molecular complexity index is 639. The van der Waals surface area contributed by atoms with E-state index in [0.29, 0.717) is 18.7 Å². The summed E-state index contributed by atoms with van der Waals surface area (Å²) < 4.78 is 26.2. The maximum atomic E-state index is 12.4. The molecule has 1 aromatic rings. The lowest BCUT2D eigenvalue weighted by atomic mass is 10.2. The van der Waals surface area contributed by atoms with Gasteiger partial charge in [0.1, 0.15) is 0 Å². The second-order valence-electron chi connectivity index (χ2n) is 5.84. The summed E-state index contributed by atoms with van der Waals surface area (Å²) in [7, 11) is -1.45. The van der Waals surface area contributed by atoms with Crippen molar-refractivity contribution in [1.29, 1.82) is 0 Å². The highest BCUT2D eigenvalue weighted by atomic mass is 32.2. The van der Waals surface area contributed by atoms with E-state index in [1.807, 2.05) is 20.9 Å². The number of benzene rings is 1. The minimum Gasteiger partial charge on any atom is -0.348 e. The van der Waals surface area contributed by atoms with Gasteiger partial charge >= 0.3 is 0 Å². The van der Waals surface area contributed by atoms with Crippen LogP contribution in [-0.2, 0) is 10.0 Å². The molecule has 6 nitrogen and oxygen atoms in total. The van der Waals surface area contributed by atoms with Crippen molar-refractivity contribution >= 4 is 15.9 Å². The molecule has 1 aliphatic rings. The molecule has 0 radical (unpaired) electrons. The van der Waals surface area contributed by atoms with Crippen molar-refractivity contribution in [2.24, 2.45) is 0 Å². The van der Waals surface area contributed by atoms with Gasteiger partial charge in [0, 0.05) is 31.2 Å². The largest absolute Gasteiger partial charge is 0.348 e. The normalized spacial score (nSPS) is 19.2. The molecule has 1 N–H and O–H groups in total. The van der Waals surface area contributed by atoms with Gasteiger partial charge in [-0.25, -0.2) is 8.42 Å². The zero-order valence-corrected chi connectivity index (χ0v) is 14.8. The number of carbonyl (C=O) groups excluding carboxylic acids is 1. The summed E-state index contributed by atoms with van der Waals surface area (Å²) in [5.74, 6) is -0.155. The van der Waals surface area contributed by atoms with Crippen molar-refractivity contribution in [2.45, 2.75) is 31.2 Å². The summed E-state index contributed by atoms with van der Waals surface area (Å²) in [6.45, 7) is 6.29. The van der Waals surface area contributed by atoms with Crippen LogP contribution in [0.2, 0.25) is 0 Å². The van der Waals surface area contributed by atoms with Crippen LogP contribution in [0.15, 0.2) is 29.2 Å². The molecule has 1 heterocycles. The molecule has 7 heteroatoms. The number of hydrogen-bond acceptors (Lipinski definition) is 4. The Hall–Kier alpha value is -1.44. The number of hydrogen-bond donors (Lipinski definition) is 1. The second kappa shape index (κ2) is 7.42. The Labute approximate surface area is 138 Å². The van der Waals surface area contributed by atoms with Crippen LogP contribution in [0.25, 0.3) is 0 Å².